The number of hydrogen-bond acceptors (Lipinski definition) is 5. The van der Waals surface area contributed by atoms with Gasteiger partial charge in [-0.25, -0.2) is 0 Å². The van der Waals surface area contributed by atoms with Crippen molar-refractivity contribution in [2.75, 3.05) is 18.5 Å². The van der Waals surface area contributed by atoms with Crippen LogP contribution in [-0.4, -0.2) is 36.3 Å². The zero-order valence-electron chi connectivity index (χ0n) is 14.3. The Morgan fingerprint density at radius 1 is 1.36 bits per heavy atom. The quantitative estimate of drug-likeness (QED) is 0.622. The molecule has 0 radical (unpaired) electrons. The lowest BCUT2D eigenvalue weighted by Crippen LogP contribution is -2.35. The largest absolute Gasteiger partial charge is 0.489 e. The van der Waals surface area contributed by atoms with Gasteiger partial charge in [-0.15, -0.1) is 11.3 Å². The van der Waals surface area contributed by atoms with Gasteiger partial charge in [-0.05, 0) is 29.6 Å². The summed E-state index contributed by atoms with van der Waals surface area (Å²) in [7, 11) is 0. The van der Waals surface area contributed by atoms with E-state index in [0.29, 0.717) is 35.5 Å². The fourth-order valence-electron chi connectivity index (χ4n) is 2.09. The molecule has 0 aliphatic rings. The van der Waals surface area contributed by atoms with Crippen molar-refractivity contribution in [2.45, 2.75) is 32.4 Å². The maximum absolute atomic E-state index is 12.0. The van der Waals surface area contributed by atoms with Gasteiger partial charge in [0.1, 0.15) is 18.5 Å². The Morgan fingerprint density at radius 3 is 2.80 bits per heavy atom. The van der Waals surface area contributed by atoms with E-state index >= 15 is 0 Å². The predicted octanol–water partition coefficient (Wildman–Crippen LogP) is 3.32. The van der Waals surface area contributed by atoms with E-state index in [1.54, 1.807) is 29.5 Å². The summed E-state index contributed by atoms with van der Waals surface area (Å²) in [6.45, 7) is 4.61. The van der Waals surface area contributed by atoms with Crippen molar-refractivity contribution in [1.29, 1.82) is 0 Å². The zero-order chi connectivity index (χ0) is 18.2. The number of benzene rings is 1. The molecule has 1 amide bonds. The number of nitrogens with one attached hydrogen (secondary N) is 2. The number of thiophene rings is 1. The van der Waals surface area contributed by atoms with Crippen LogP contribution in [0.1, 0.15) is 18.7 Å². The van der Waals surface area contributed by atoms with Gasteiger partial charge in [0, 0.05) is 23.2 Å². The lowest BCUT2D eigenvalue weighted by atomic mass is 10.2. The van der Waals surface area contributed by atoms with Crippen molar-refractivity contribution in [2.24, 2.45) is 0 Å². The molecule has 136 valence electrons. The van der Waals surface area contributed by atoms with Crippen LogP contribution >= 0.6 is 22.9 Å². The first kappa shape index (κ1) is 19.7. The van der Waals surface area contributed by atoms with Gasteiger partial charge < -0.3 is 20.5 Å². The monoisotopic (exact) mass is 382 g/mol. The number of carbonyl (C=O) groups excluding carboxylic acids is 1. The molecule has 2 rings (SSSR count). The molecular weight excluding hydrogens is 360 g/mol. The Bertz CT molecular complexity index is 677. The molecule has 1 unspecified atom stereocenters. The maximum atomic E-state index is 12.0. The molecule has 0 spiro atoms. The number of ether oxygens (including phenoxy) is 1. The molecule has 0 saturated heterocycles. The van der Waals surface area contributed by atoms with Crippen molar-refractivity contribution >= 4 is 34.5 Å². The van der Waals surface area contributed by atoms with Crippen LogP contribution in [0.15, 0.2) is 35.7 Å². The van der Waals surface area contributed by atoms with Crippen molar-refractivity contribution < 1.29 is 14.6 Å². The van der Waals surface area contributed by atoms with Gasteiger partial charge in [0.05, 0.1) is 11.4 Å². The highest BCUT2D eigenvalue weighted by Crippen LogP contribution is 2.28. The van der Waals surface area contributed by atoms with Crippen LogP contribution in [0.4, 0.5) is 5.69 Å². The molecular formula is C18H23ClN2O3S. The van der Waals surface area contributed by atoms with E-state index in [-0.39, 0.29) is 12.5 Å². The van der Waals surface area contributed by atoms with Crippen LogP contribution in [0.2, 0.25) is 5.02 Å². The predicted molar refractivity (Wildman–Crippen MR) is 103 cm³/mol. The van der Waals surface area contributed by atoms with Gasteiger partial charge >= 0.3 is 0 Å². The molecule has 0 fully saturated rings. The summed E-state index contributed by atoms with van der Waals surface area (Å²) < 4.78 is 5.54. The summed E-state index contributed by atoms with van der Waals surface area (Å²) in [6, 6.07) is 9.20. The third kappa shape index (κ3) is 7.04. The molecule has 0 aliphatic carbocycles. The molecule has 3 N–H and O–H groups in total. The average Bonchev–Trinajstić information content (AvgIpc) is 3.04. The molecule has 25 heavy (non-hydrogen) atoms. The summed E-state index contributed by atoms with van der Waals surface area (Å²) in [5.74, 6) is 0.379. The molecule has 0 aliphatic heterocycles. The number of aliphatic hydroxyl groups is 1. The van der Waals surface area contributed by atoms with Crippen molar-refractivity contribution in [3.63, 3.8) is 0 Å². The topological polar surface area (TPSA) is 70.6 Å². The molecule has 5 nitrogen and oxygen atoms in total. The molecule has 2 aromatic rings. The molecule has 7 heteroatoms. The van der Waals surface area contributed by atoms with Crippen LogP contribution in [0.3, 0.4) is 0 Å². The molecule has 1 aromatic carbocycles. The van der Waals surface area contributed by atoms with Crippen molar-refractivity contribution in [3.05, 3.63) is 45.6 Å². The van der Waals surface area contributed by atoms with Crippen LogP contribution in [0.25, 0.3) is 0 Å². The lowest BCUT2D eigenvalue weighted by Gasteiger charge is -2.16. The van der Waals surface area contributed by atoms with Crippen LogP contribution in [-0.2, 0) is 11.2 Å². The summed E-state index contributed by atoms with van der Waals surface area (Å²) >= 11 is 7.74. The first-order chi connectivity index (χ1) is 11.9. The second-order valence-corrected chi connectivity index (χ2v) is 7.42. The Morgan fingerprint density at radius 2 is 2.16 bits per heavy atom. The summed E-state index contributed by atoms with van der Waals surface area (Å²) in [6.07, 6.45) is -0.286. The van der Waals surface area contributed by atoms with Crippen molar-refractivity contribution in [1.82, 2.24) is 5.32 Å². The zero-order valence-corrected chi connectivity index (χ0v) is 15.9. The standard InChI is InChI=1S/C18H23ClN2O3S/c1-12(2)20-10-14(22)11-24-17-6-5-13(8-16(17)19)21-18(23)9-15-4-3-7-25-15/h3-8,12,14,20,22H,9-11H2,1-2H3,(H,21,23). The normalized spacial score (nSPS) is 12.2. The highest BCUT2D eigenvalue weighted by atomic mass is 35.5. The van der Waals surface area contributed by atoms with E-state index < -0.39 is 6.10 Å². The third-order valence-electron chi connectivity index (χ3n) is 3.32. The van der Waals surface area contributed by atoms with Gasteiger partial charge in [0.2, 0.25) is 5.91 Å². The first-order valence-electron chi connectivity index (χ1n) is 8.10. The maximum Gasteiger partial charge on any atom is 0.229 e. The number of amides is 1. The second kappa shape index (κ2) is 9.77. The summed E-state index contributed by atoms with van der Waals surface area (Å²) in [5.41, 5.74) is 0.612. The van der Waals surface area contributed by atoms with Gasteiger partial charge in [-0.2, -0.15) is 0 Å². The minimum absolute atomic E-state index is 0.0950. The van der Waals surface area contributed by atoms with Crippen LogP contribution < -0.4 is 15.4 Å². The number of halogens is 1. The third-order valence-corrected chi connectivity index (χ3v) is 4.50. The average molecular weight is 383 g/mol. The Balaban J connectivity index is 1.84. The van der Waals surface area contributed by atoms with Crippen LogP contribution in [0, 0.1) is 0 Å². The van der Waals surface area contributed by atoms with Crippen LogP contribution in [0.5, 0.6) is 5.75 Å². The van der Waals surface area contributed by atoms with E-state index in [1.165, 1.54) is 0 Å². The fraction of sp³-hybridized carbons (Fsp3) is 0.389. The lowest BCUT2D eigenvalue weighted by molar-refractivity contribution is -0.115. The first-order valence-corrected chi connectivity index (χ1v) is 9.36. The van der Waals surface area contributed by atoms with E-state index in [0.717, 1.165) is 4.88 Å². The highest BCUT2D eigenvalue weighted by molar-refractivity contribution is 7.10. The van der Waals surface area contributed by atoms with Gasteiger partial charge in [-0.1, -0.05) is 31.5 Å². The van der Waals surface area contributed by atoms with Gasteiger partial charge in [0.25, 0.3) is 0 Å². The number of hydrogen-bond donors (Lipinski definition) is 3. The fourth-order valence-corrected chi connectivity index (χ4v) is 3.03. The number of anilines is 1. The molecule has 0 bridgehead atoms. The van der Waals surface area contributed by atoms with Crippen molar-refractivity contribution in [3.8, 4) is 5.75 Å². The van der Waals surface area contributed by atoms with Gasteiger partial charge in [0.15, 0.2) is 0 Å². The minimum atomic E-state index is -0.622. The molecule has 1 atom stereocenters. The minimum Gasteiger partial charge on any atom is -0.489 e. The van der Waals surface area contributed by atoms with E-state index in [1.807, 2.05) is 31.4 Å². The van der Waals surface area contributed by atoms with E-state index in [9.17, 15) is 9.90 Å². The number of aliphatic hydroxyl groups excluding tert-OH is 1. The van der Waals surface area contributed by atoms with E-state index in [4.69, 9.17) is 16.3 Å². The molecule has 1 heterocycles. The molecule has 0 saturated carbocycles. The number of carbonyl (C=O) groups is 1. The summed E-state index contributed by atoms with van der Waals surface area (Å²) in [4.78, 5) is 13.0. The smallest absolute Gasteiger partial charge is 0.229 e. The van der Waals surface area contributed by atoms with Gasteiger partial charge in [-0.3, -0.25) is 4.79 Å². The van der Waals surface area contributed by atoms with E-state index in [2.05, 4.69) is 10.6 Å². The SMILES string of the molecule is CC(C)NCC(O)COc1ccc(NC(=O)Cc2cccs2)cc1Cl. The molecule has 1 aromatic heterocycles. The second-order valence-electron chi connectivity index (χ2n) is 5.98. The Hall–Kier alpha value is -1.60. The summed E-state index contributed by atoms with van der Waals surface area (Å²) in [5, 5.41) is 18.1. The number of rotatable bonds is 9. The Kier molecular flexibility index (Phi) is 7.71. The Labute approximate surface area is 157 Å². The highest BCUT2D eigenvalue weighted by Gasteiger charge is 2.10.